The molecule has 2 fully saturated rings. The van der Waals surface area contributed by atoms with Gasteiger partial charge in [0.1, 0.15) is 13.2 Å². The van der Waals surface area contributed by atoms with Gasteiger partial charge in [-0.25, -0.2) is 0 Å². The summed E-state index contributed by atoms with van der Waals surface area (Å²) in [7, 11) is 0. The molecule has 2 heterocycles. The van der Waals surface area contributed by atoms with E-state index in [1.165, 1.54) is 0 Å². The van der Waals surface area contributed by atoms with Crippen molar-refractivity contribution in [3.63, 3.8) is 0 Å². The Morgan fingerprint density at radius 1 is 0.939 bits per heavy atom. The number of hydrogen-bond donors (Lipinski definition) is 1. The van der Waals surface area contributed by atoms with Gasteiger partial charge in [0.25, 0.3) is 0 Å². The summed E-state index contributed by atoms with van der Waals surface area (Å²) >= 11 is 0. The first kappa shape index (κ1) is 22.0. The number of rotatable bonds is 6. The van der Waals surface area contributed by atoms with Crippen molar-refractivity contribution < 1.29 is 19.1 Å². The fourth-order valence-corrected chi connectivity index (χ4v) is 5.51. The Morgan fingerprint density at radius 3 is 2.36 bits per heavy atom. The molecule has 1 N–H and O–H groups in total. The van der Waals surface area contributed by atoms with Gasteiger partial charge in [0.2, 0.25) is 5.91 Å². The maximum absolute atomic E-state index is 13.1. The number of nitrogens with zero attached hydrogens (tertiary/aromatic N) is 1. The van der Waals surface area contributed by atoms with Crippen molar-refractivity contribution in [1.29, 1.82) is 0 Å². The molecule has 1 saturated carbocycles. The van der Waals surface area contributed by atoms with Gasteiger partial charge in [0, 0.05) is 11.5 Å². The standard InChI is InChI=1S/C27H32N2O4/c30-25(19-29-14-10-21(11-15-29)26(31)20-6-2-1-3-7-20)28-27(12-4-5-13-27)22-8-9-23-24(18-22)33-17-16-32-23/h1-3,6-9,18,21H,4-5,10-17,19H2,(H,28,30). The van der Waals surface area contributed by atoms with Crippen LogP contribution in [0.1, 0.15) is 54.4 Å². The Kier molecular flexibility index (Phi) is 6.36. The zero-order valence-electron chi connectivity index (χ0n) is 19.1. The third-order valence-corrected chi connectivity index (χ3v) is 7.31. The molecule has 2 aromatic carbocycles. The fraction of sp³-hybridized carbons (Fsp3) is 0.481. The Labute approximate surface area is 195 Å². The van der Waals surface area contributed by atoms with Crippen LogP contribution >= 0.6 is 0 Å². The summed E-state index contributed by atoms with van der Waals surface area (Å²) in [6.45, 7) is 3.04. The predicted molar refractivity (Wildman–Crippen MR) is 126 cm³/mol. The highest BCUT2D eigenvalue weighted by molar-refractivity contribution is 5.97. The lowest BCUT2D eigenvalue weighted by atomic mass is 9.87. The quantitative estimate of drug-likeness (QED) is 0.678. The molecule has 6 heteroatoms. The highest BCUT2D eigenvalue weighted by atomic mass is 16.6. The predicted octanol–water partition coefficient (Wildman–Crippen LogP) is 3.94. The van der Waals surface area contributed by atoms with Crippen LogP contribution < -0.4 is 14.8 Å². The maximum Gasteiger partial charge on any atom is 0.234 e. The van der Waals surface area contributed by atoms with Gasteiger partial charge in [-0.3, -0.25) is 14.5 Å². The van der Waals surface area contributed by atoms with Gasteiger partial charge >= 0.3 is 0 Å². The monoisotopic (exact) mass is 448 g/mol. The van der Waals surface area contributed by atoms with Gasteiger partial charge in [0.05, 0.1) is 12.1 Å². The van der Waals surface area contributed by atoms with Crippen LogP contribution in [0.5, 0.6) is 11.5 Å². The number of piperidine rings is 1. The van der Waals surface area contributed by atoms with Crippen LogP contribution in [0.2, 0.25) is 0 Å². The molecule has 1 saturated heterocycles. The van der Waals surface area contributed by atoms with Crippen LogP contribution in [0, 0.1) is 5.92 Å². The highest BCUT2D eigenvalue weighted by Crippen LogP contribution is 2.42. The number of benzene rings is 2. The Balaban J connectivity index is 1.19. The van der Waals surface area contributed by atoms with Crippen LogP contribution in [0.25, 0.3) is 0 Å². The molecule has 2 aliphatic heterocycles. The second kappa shape index (κ2) is 9.56. The molecule has 1 amide bonds. The minimum Gasteiger partial charge on any atom is -0.486 e. The lowest BCUT2D eigenvalue weighted by Gasteiger charge is -2.35. The topological polar surface area (TPSA) is 67.9 Å². The summed E-state index contributed by atoms with van der Waals surface area (Å²) in [5.41, 5.74) is 1.55. The molecule has 0 unspecified atom stereocenters. The number of nitrogens with one attached hydrogen (secondary N) is 1. The third kappa shape index (κ3) is 4.76. The Hall–Kier alpha value is -2.86. The molecule has 174 valence electrons. The fourth-order valence-electron chi connectivity index (χ4n) is 5.51. The van der Waals surface area contributed by atoms with Gasteiger partial charge in [0.15, 0.2) is 17.3 Å². The molecular weight excluding hydrogens is 416 g/mol. The number of amides is 1. The highest BCUT2D eigenvalue weighted by Gasteiger charge is 2.38. The van der Waals surface area contributed by atoms with Gasteiger partial charge in [-0.2, -0.15) is 0 Å². The summed E-state index contributed by atoms with van der Waals surface area (Å²) in [6, 6.07) is 15.6. The van der Waals surface area contributed by atoms with E-state index in [1.54, 1.807) is 0 Å². The molecule has 0 bridgehead atoms. The number of fused-ring (bicyclic) bond motifs is 1. The van der Waals surface area contributed by atoms with Gasteiger partial charge < -0.3 is 14.8 Å². The number of ether oxygens (including phenoxy) is 2. The summed E-state index contributed by atoms with van der Waals surface area (Å²) in [5.74, 6) is 1.87. The van der Waals surface area contributed by atoms with Crippen molar-refractivity contribution in [3.8, 4) is 11.5 Å². The first-order valence-corrected chi connectivity index (χ1v) is 12.2. The minimum absolute atomic E-state index is 0.0469. The normalized spacial score (nSPS) is 20.4. The number of hydrogen-bond acceptors (Lipinski definition) is 5. The lowest BCUT2D eigenvalue weighted by molar-refractivity contribution is -0.124. The third-order valence-electron chi connectivity index (χ3n) is 7.31. The van der Waals surface area contributed by atoms with Crippen LogP contribution in [0.15, 0.2) is 48.5 Å². The van der Waals surface area contributed by atoms with Crippen molar-refractivity contribution in [3.05, 3.63) is 59.7 Å². The van der Waals surface area contributed by atoms with E-state index in [2.05, 4.69) is 16.3 Å². The molecule has 0 atom stereocenters. The van der Waals surface area contributed by atoms with E-state index < -0.39 is 0 Å². The van der Waals surface area contributed by atoms with E-state index in [-0.39, 0.29) is 23.1 Å². The molecule has 33 heavy (non-hydrogen) atoms. The number of likely N-dealkylation sites (tertiary alicyclic amines) is 1. The smallest absolute Gasteiger partial charge is 0.234 e. The number of carbonyl (C=O) groups excluding carboxylic acids is 2. The molecule has 5 rings (SSSR count). The molecule has 3 aliphatic rings. The van der Waals surface area contributed by atoms with Crippen LogP contribution in [0.3, 0.4) is 0 Å². The van der Waals surface area contributed by atoms with E-state index in [9.17, 15) is 9.59 Å². The summed E-state index contributed by atoms with van der Waals surface area (Å²) in [4.78, 5) is 28.0. The first-order valence-electron chi connectivity index (χ1n) is 12.2. The second-order valence-electron chi connectivity index (χ2n) is 9.48. The minimum atomic E-state index is -0.339. The lowest BCUT2D eigenvalue weighted by Crippen LogP contribution is -2.49. The van der Waals surface area contributed by atoms with Crippen molar-refractivity contribution >= 4 is 11.7 Å². The molecule has 0 radical (unpaired) electrons. The second-order valence-corrected chi connectivity index (χ2v) is 9.48. The van der Waals surface area contributed by atoms with Crippen LogP contribution in [0.4, 0.5) is 0 Å². The summed E-state index contributed by atoms with van der Waals surface area (Å²) < 4.78 is 11.4. The molecular formula is C27H32N2O4. The average molecular weight is 449 g/mol. The van der Waals surface area contributed by atoms with E-state index in [0.717, 1.165) is 74.2 Å². The number of carbonyl (C=O) groups is 2. The van der Waals surface area contributed by atoms with E-state index in [0.29, 0.717) is 19.8 Å². The zero-order valence-corrected chi connectivity index (χ0v) is 19.1. The van der Waals surface area contributed by atoms with E-state index in [1.807, 2.05) is 42.5 Å². The van der Waals surface area contributed by atoms with Gasteiger partial charge in [-0.05, 0) is 56.5 Å². The Morgan fingerprint density at radius 2 is 1.64 bits per heavy atom. The largest absolute Gasteiger partial charge is 0.486 e. The molecule has 0 aromatic heterocycles. The van der Waals surface area contributed by atoms with Crippen LogP contribution in [-0.4, -0.2) is 49.4 Å². The zero-order chi connectivity index (χ0) is 22.7. The van der Waals surface area contributed by atoms with Crippen molar-refractivity contribution in [1.82, 2.24) is 10.2 Å². The summed E-state index contributed by atoms with van der Waals surface area (Å²) in [6.07, 6.45) is 5.67. The Bertz CT molecular complexity index is 992. The number of Topliss-reactive ketones (excluding diaryl/α,β-unsaturated/α-hetero) is 1. The average Bonchev–Trinajstić information content (AvgIpc) is 3.33. The molecule has 2 aromatic rings. The molecule has 0 spiro atoms. The SMILES string of the molecule is O=C(CN1CCC(C(=O)c2ccccc2)CC1)NC1(c2ccc3c(c2)OCCO3)CCCC1. The van der Waals surface area contributed by atoms with Crippen molar-refractivity contribution in [2.75, 3.05) is 32.8 Å². The first-order chi connectivity index (χ1) is 16.1. The molecule has 6 nitrogen and oxygen atoms in total. The maximum atomic E-state index is 13.1. The van der Waals surface area contributed by atoms with E-state index >= 15 is 0 Å². The van der Waals surface area contributed by atoms with Crippen molar-refractivity contribution in [2.45, 2.75) is 44.1 Å². The summed E-state index contributed by atoms with van der Waals surface area (Å²) in [5, 5.41) is 3.38. The van der Waals surface area contributed by atoms with Crippen molar-refractivity contribution in [2.24, 2.45) is 5.92 Å². The van der Waals surface area contributed by atoms with Crippen LogP contribution in [-0.2, 0) is 10.3 Å². The molecule has 1 aliphatic carbocycles. The van der Waals surface area contributed by atoms with Gasteiger partial charge in [-0.15, -0.1) is 0 Å². The van der Waals surface area contributed by atoms with Gasteiger partial charge in [-0.1, -0.05) is 49.2 Å². The number of ketones is 1. The van der Waals surface area contributed by atoms with E-state index in [4.69, 9.17) is 9.47 Å².